The summed E-state index contributed by atoms with van der Waals surface area (Å²) >= 11 is 1.21. The van der Waals surface area contributed by atoms with Crippen LogP contribution in [0.4, 0.5) is 5.13 Å². The molecular weight excluding hydrogens is 468 g/mol. The summed E-state index contributed by atoms with van der Waals surface area (Å²) < 4.78 is 38.0. The van der Waals surface area contributed by atoms with Gasteiger partial charge in [0.1, 0.15) is 11.5 Å². The van der Waals surface area contributed by atoms with Gasteiger partial charge in [0, 0.05) is 31.0 Å². The third kappa shape index (κ3) is 5.47. The summed E-state index contributed by atoms with van der Waals surface area (Å²) in [5.41, 5.74) is 0.740. The largest absolute Gasteiger partial charge is 0.458 e. The Balaban J connectivity index is 1.45. The second kappa shape index (κ2) is 9.83. The number of ether oxygens (including phenoxy) is 1. The minimum atomic E-state index is -3.71. The molecule has 174 valence electrons. The SMILES string of the molecule is CC(=O)NCc1ccc(-c2csc(NC(=O)c3cccc(S(=O)(=O)N4CCOCC4)c3)n2)o1. The summed E-state index contributed by atoms with van der Waals surface area (Å²) in [5, 5.41) is 7.42. The maximum absolute atomic E-state index is 12.9. The Morgan fingerprint density at radius 3 is 2.73 bits per heavy atom. The Hall–Kier alpha value is -3.06. The van der Waals surface area contributed by atoms with E-state index in [1.54, 1.807) is 23.6 Å². The first kappa shape index (κ1) is 23.1. The molecule has 0 radical (unpaired) electrons. The van der Waals surface area contributed by atoms with Gasteiger partial charge in [0.15, 0.2) is 10.9 Å². The molecule has 4 rings (SSSR count). The second-order valence-corrected chi connectivity index (χ2v) is 10.0. The molecule has 12 heteroatoms. The Kier molecular flexibility index (Phi) is 6.88. The van der Waals surface area contributed by atoms with Crippen molar-refractivity contribution in [1.82, 2.24) is 14.6 Å². The molecule has 1 aliphatic rings. The molecule has 1 fully saturated rings. The van der Waals surface area contributed by atoms with Crippen LogP contribution in [0.5, 0.6) is 0 Å². The van der Waals surface area contributed by atoms with E-state index in [9.17, 15) is 18.0 Å². The fourth-order valence-corrected chi connectivity index (χ4v) is 5.32. The lowest BCUT2D eigenvalue weighted by Crippen LogP contribution is -2.40. The van der Waals surface area contributed by atoms with Crippen LogP contribution < -0.4 is 10.6 Å². The van der Waals surface area contributed by atoms with Crippen LogP contribution >= 0.6 is 11.3 Å². The van der Waals surface area contributed by atoms with Crippen molar-refractivity contribution in [2.45, 2.75) is 18.4 Å². The van der Waals surface area contributed by atoms with E-state index >= 15 is 0 Å². The molecule has 0 aliphatic carbocycles. The number of rotatable bonds is 7. The molecule has 3 aromatic rings. The average molecular weight is 491 g/mol. The summed E-state index contributed by atoms with van der Waals surface area (Å²) in [4.78, 5) is 28.2. The van der Waals surface area contributed by atoms with Gasteiger partial charge in [-0.2, -0.15) is 4.31 Å². The van der Waals surface area contributed by atoms with Crippen molar-refractivity contribution in [3.8, 4) is 11.5 Å². The van der Waals surface area contributed by atoms with E-state index in [2.05, 4.69) is 15.6 Å². The van der Waals surface area contributed by atoms with Crippen LogP contribution in [-0.2, 0) is 26.1 Å². The van der Waals surface area contributed by atoms with Gasteiger partial charge in [0.2, 0.25) is 15.9 Å². The number of hydrogen-bond donors (Lipinski definition) is 2. The Morgan fingerprint density at radius 2 is 1.97 bits per heavy atom. The van der Waals surface area contributed by atoms with Crippen LogP contribution in [0.15, 0.2) is 51.1 Å². The summed E-state index contributed by atoms with van der Waals surface area (Å²) in [5.74, 6) is 0.455. The van der Waals surface area contributed by atoms with Gasteiger partial charge in [-0.1, -0.05) is 6.07 Å². The lowest BCUT2D eigenvalue weighted by molar-refractivity contribution is -0.119. The molecule has 2 N–H and O–H groups in total. The monoisotopic (exact) mass is 490 g/mol. The Labute approximate surface area is 194 Å². The fourth-order valence-electron chi connectivity index (χ4n) is 3.17. The second-order valence-electron chi connectivity index (χ2n) is 7.21. The number of morpholine rings is 1. The minimum Gasteiger partial charge on any atom is -0.458 e. The lowest BCUT2D eigenvalue weighted by Gasteiger charge is -2.26. The maximum Gasteiger partial charge on any atom is 0.257 e. The molecule has 0 spiro atoms. The summed E-state index contributed by atoms with van der Waals surface area (Å²) in [6.45, 7) is 2.94. The Bertz CT molecular complexity index is 1260. The molecule has 1 aliphatic heterocycles. The molecule has 0 atom stereocenters. The zero-order chi connectivity index (χ0) is 23.4. The number of furan rings is 1. The Morgan fingerprint density at radius 1 is 1.18 bits per heavy atom. The zero-order valence-corrected chi connectivity index (χ0v) is 19.4. The van der Waals surface area contributed by atoms with Crippen molar-refractivity contribution in [2.75, 3.05) is 31.6 Å². The zero-order valence-electron chi connectivity index (χ0n) is 17.7. The van der Waals surface area contributed by atoms with Crippen molar-refractivity contribution >= 4 is 38.3 Å². The first-order valence-corrected chi connectivity index (χ1v) is 12.4. The normalized spacial score (nSPS) is 14.7. The van der Waals surface area contributed by atoms with Gasteiger partial charge in [-0.15, -0.1) is 11.3 Å². The van der Waals surface area contributed by atoms with E-state index in [1.165, 1.54) is 40.8 Å². The van der Waals surface area contributed by atoms with Crippen LogP contribution in [0.2, 0.25) is 0 Å². The number of nitrogens with zero attached hydrogens (tertiary/aromatic N) is 2. The number of anilines is 1. The van der Waals surface area contributed by atoms with Crippen molar-refractivity contribution in [3.05, 3.63) is 53.1 Å². The number of benzene rings is 1. The molecular formula is C21H22N4O6S2. The van der Waals surface area contributed by atoms with Gasteiger partial charge in [0.05, 0.1) is 24.7 Å². The highest BCUT2D eigenvalue weighted by Gasteiger charge is 2.27. The molecule has 2 amide bonds. The predicted molar refractivity (Wildman–Crippen MR) is 121 cm³/mol. The molecule has 0 unspecified atom stereocenters. The predicted octanol–water partition coefficient (Wildman–Crippen LogP) is 2.31. The van der Waals surface area contributed by atoms with Crippen LogP contribution in [-0.4, -0.2) is 55.8 Å². The minimum absolute atomic E-state index is 0.0548. The van der Waals surface area contributed by atoms with Gasteiger partial charge in [-0.3, -0.25) is 14.9 Å². The van der Waals surface area contributed by atoms with Crippen molar-refractivity contribution in [1.29, 1.82) is 0 Å². The average Bonchev–Trinajstić information content (AvgIpc) is 3.48. The van der Waals surface area contributed by atoms with Gasteiger partial charge < -0.3 is 14.5 Å². The molecule has 1 saturated heterocycles. The standard InChI is InChI=1S/C21H22N4O6S2/c1-14(26)22-12-16-5-6-19(31-16)18-13-32-21(23-18)24-20(27)15-3-2-4-17(11-15)33(28,29)25-7-9-30-10-8-25/h2-6,11,13H,7-10,12H2,1H3,(H,22,26)(H,23,24,27). The summed E-state index contributed by atoms with van der Waals surface area (Å²) in [6.07, 6.45) is 0. The van der Waals surface area contributed by atoms with E-state index in [0.29, 0.717) is 35.6 Å². The number of sulfonamides is 1. The third-order valence-electron chi connectivity index (χ3n) is 4.85. The van der Waals surface area contributed by atoms with E-state index in [-0.39, 0.29) is 36.0 Å². The molecule has 2 aromatic heterocycles. The smallest absolute Gasteiger partial charge is 0.257 e. The third-order valence-corrected chi connectivity index (χ3v) is 7.51. The van der Waals surface area contributed by atoms with Crippen LogP contribution in [0.25, 0.3) is 11.5 Å². The van der Waals surface area contributed by atoms with Crippen molar-refractivity contribution in [2.24, 2.45) is 0 Å². The quantitative estimate of drug-likeness (QED) is 0.520. The van der Waals surface area contributed by atoms with Crippen LogP contribution in [0, 0.1) is 0 Å². The van der Waals surface area contributed by atoms with Gasteiger partial charge >= 0.3 is 0 Å². The highest BCUT2D eigenvalue weighted by molar-refractivity contribution is 7.89. The highest BCUT2D eigenvalue weighted by atomic mass is 32.2. The highest BCUT2D eigenvalue weighted by Crippen LogP contribution is 2.27. The van der Waals surface area contributed by atoms with E-state index < -0.39 is 15.9 Å². The first-order chi connectivity index (χ1) is 15.8. The molecule has 10 nitrogen and oxygen atoms in total. The molecule has 0 bridgehead atoms. The molecule has 1 aromatic carbocycles. The fraction of sp³-hybridized carbons (Fsp3) is 0.286. The number of aromatic nitrogens is 1. The number of carbonyl (C=O) groups is 2. The molecule has 0 saturated carbocycles. The first-order valence-electron chi connectivity index (χ1n) is 10.1. The number of nitrogens with one attached hydrogen (secondary N) is 2. The molecule has 33 heavy (non-hydrogen) atoms. The summed E-state index contributed by atoms with van der Waals surface area (Å²) in [7, 11) is -3.71. The van der Waals surface area contributed by atoms with Gasteiger partial charge in [-0.05, 0) is 30.3 Å². The summed E-state index contributed by atoms with van der Waals surface area (Å²) in [6, 6.07) is 9.38. The molecule has 3 heterocycles. The number of amides is 2. The lowest BCUT2D eigenvalue weighted by atomic mass is 10.2. The topological polar surface area (TPSA) is 131 Å². The maximum atomic E-state index is 12.9. The number of carbonyl (C=O) groups excluding carboxylic acids is 2. The van der Waals surface area contributed by atoms with Gasteiger partial charge in [0.25, 0.3) is 5.91 Å². The van der Waals surface area contributed by atoms with E-state index in [0.717, 1.165) is 0 Å². The van der Waals surface area contributed by atoms with Crippen molar-refractivity contribution < 1.29 is 27.2 Å². The van der Waals surface area contributed by atoms with E-state index in [1.807, 2.05) is 0 Å². The number of thiazole rings is 1. The van der Waals surface area contributed by atoms with Gasteiger partial charge in [-0.25, -0.2) is 13.4 Å². The van der Waals surface area contributed by atoms with Crippen LogP contribution in [0.1, 0.15) is 23.0 Å². The van der Waals surface area contributed by atoms with E-state index in [4.69, 9.17) is 9.15 Å². The number of hydrogen-bond acceptors (Lipinski definition) is 8. The van der Waals surface area contributed by atoms with Crippen molar-refractivity contribution in [3.63, 3.8) is 0 Å². The van der Waals surface area contributed by atoms with Crippen LogP contribution in [0.3, 0.4) is 0 Å².